The van der Waals surface area contributed by atoms with Crippen molar-refractivity contribution in [3.8, 4) is 0 Å². The van der Waals surface area contributed by atoms with Crippen LogP contribution in [0.1, 0.15) is 40.3 Å². The van der Waals surface area contributed by atoms with E-state index in [4.69, 9.17) is 0 Å². The van der Waals surface area contributed by atoms with Gasteiger partial charge in [0, 0.05) is 0 Å². The lowest BCUT2D eigenvalue weighted by Crippen LogP contribution is -1.93. The third kappa shape index (κ3) is 5.79. The predicted octanol–water partition coefficient (Wildman–Crippen LogP) is 8.82. The first-order valence-corrected chi connectivity index (χ1v) is 11.7. The highest BCUT2D eigenvalue weighted by Crippen LogP contribution is 2.28. The Balaban J connectivity index is 1.77. The van der Waals surface area contributed by atoms with Crippen molar-refractivity contribution in [2.45, 2.75) is 27.7 Å². The summed E-state index contributed by atoms with van der Waals surface area (Å²) in [4.78, 5) is 0. The Labute approximate surface area is 199 Å². The van der Waals surface area contributed by atoms with Crippen molar-refractivity contribution in [2.24, 2.45) is 5.92 Å². The zero-order valence-electron chi connectivity index (χ0n) is 20.0. The molecule has 0 saturated heterocycles. The van der Waals surface area contributed by atoms with Gasteiger partial charge in [-0.2, -0.15) is 0 Å². The molecule has 4 rings (SSSR count). The number of allylic oxidation sites excluding steroid dienone is 9. The molecule has 0 N–H and O–H groups in total. The summed E-state index contributed by atoms with van der Waals surface area (Å²) in [6.07, 6.45) is 15.7. The van der Waals surface area contributed by atoms with E-state index < -0.39 is 0 Å². The highest BCUT2D eigenvalue weighted by molar-refractivity contribution is 5.84. The molecule has 0 spiro atoms. The molecule has 0 radical (unpaired) electrons. The van der Waals surface area contributed by atoms with Gasteiger partial charge in [0.15, 0.2) is 0 Å². The van der Waals surface area contributed by atoms with Crippen LogP contribution in [0.5, 0.6) is 0 Å². The maximum atomic E-state index is 2.26. The van der Waals surface area contributed by atoms with E-state index in [-0.39, 0.29) is 0 Å². The average molecular weight is 429 g/mol. The lowest BCUT2D eigenvalue weighted by atomic mass is 9.92. The van der Waals surface area contributed by atoms with Gasteiger partial charge in [-0.3, -0.25) is 0 Å². The molecule has 0 aliphatic heterocycles. The third-order valence-corrected chi connectivity index (χ3v) is 6.08. The molecule has 3 aromatic rings. The van der Waals surface area contributed by atoms with E-state index in [1.54, 1.807) is 0 Å². The molecular weight excluding hydrogens is 396 g/mol. The number of aryl methyl sites for hydroxylation is 3. The van der Waals surface area contributed by atoms with Gasteiger partial charge in [-0.1, -0.05) is 139 Å². The molecule has 0 saturated carbocycles. The van der Waals surface area contributed by atoms with Gasteiger partial charge in [0.1, 0.15) is 0 Å². The van der Waals surface area contributed by atoms with Gasteiger partial charge in [-0.15, -0.1) is 0 Å². The maximum Gasteiger partial charge on any atom is -0.00752 e. The van der Waals surface area contributed by atoms with Crippen LogP contribution in [0.3, 0.4) is 0 Å². The van der Waals surface area contributed by atoms with Crippen molar-refractivity contribution in [1.29, 1.82) is 0 Å². The maximum absolute atomic E-state index is 2.26. The second kappa shape index (κ2) is 10.3. The number of rotatable bonds is 5. The summed E-state index contributed by atoms with van der Waals surface area (Å²) in [5.41, 5.74) is 11.2. The molecule has 0 amide bonds. The summed E-state index contributed by atoms with van der Waals surface area (Å²) in [6, 6.07) is 26.4. The van der Waals surface area contributed by atoms with Crippen LogP contribution >= 0.6 is 0 Å². The molecule has 0 fully saturated rings. The fourth-order valence-corrected chi connectivity index (χ4v) is 3.97. The van der Waals surface area contributed by atoms with Gasteiger partial charge < -0.3 is 0 Å². The first-order chi connectivity index (χ1) is 16.0. The van der Waals surface area contributed by atoms with Gasteiger partial charge in [0.2, 0.25) is 0 Å². The molecule has 0 bridgehead atoms. The van der Waals surface area contributed by atoms with Crippen molar-refractivity contribution in [2.75, 3.05) is 0 Å². The summed E-state index contributed by atoms with van der Waals surface area (Å²) < 4.78 is 0. The van der Waals surface area contributed by atoms with Crippen LogP contribution in [-0.4, -0.2) is 0 Å². The standard InChI is InChI=1S/C33H32/c1-24-8-16-28(17-9-24)32(29-18-10-25(2)11-19-29)6-5-7-33(30-20-12-26(3)13-21-30)31-22-14-27(4)15-23-31/h5-24H,1-4H3/b6-5+,32-28?. The van der Waals surface area contributed by atoms with Crippen LogP contribution in [0.25, 0.3) is 11.1 Å². The molecule has 0 heteroatoms. The molecule has 164 valence electrons. The highest BCUT2D eigenvalue weighted by atomic mass is 14.1. The summed E-state index contributed by atoms with van der Waals surface area (Å²) in [5, 5.41) is 0. The molecule has 0 aromatic heterocycles. The lowest BCUT2D eigenvalue weighted by molar-refractivity contribution is 0.929. The number of hydrogen-bond acceptors (Lipinski definition) is 0. The van der Waals surface area contributed by atoms with Crippen molar-refractivity contribution in [1.82, 2.24) is 0 Å². The minimum atomic E-state index is 0.478. The Hall–Kier alpha value is -3.64. The lowest BCUT2D eigenvalue weighted by Gasteiger charge is -2.12. The van der Waals surface area contributed by atoms with Crippen LogP contribution in [0.4, 0.5) is 0 Å². The van der Waals surface area contributed by atoms with Crippen LogP contribution in [0.15, 0.2) is 121 Å². The number of benzene rings is 3. The normalized spacial score (nSPS) is 15.2. The van der Waals surface area contributed by atoms with E-state index >= 15 is 0 Å². The molecule has 33 heavy (non-hydrogen) atoms. The topological polar surface area (TPSA) is 0 Å². The van der Waals surface area contributed by atoms with Crippen LogP contribution in [0.2, 0.25) is 0 Å². The first-order valence-electron chi connectivity index (χ1n) is 11.7. The summed E-state index contributed by atoms with van der Waals surface area (Å²) >= 11 is 0. The first kappa shape index (κ1) is 22.6. The van der Waals surface area contributed by atoms with E-state index in [0.717, 1.165) is 0 Å². The van der Waals surface area contributed by atoms with Crippen LogP contribution in [-0.2, 0) is 0 Å². The fraction of sp³-hybridized carbons (Fsp3) is 0.152. The van der Waals surface area contributed by atoms with Crippen molar-refractivity contribution in [3.05, 3.63) is 154 Å². The van der Waals surface area contributed by atoms with Crippen molar-refractivity contribution in [3.63, 3.8) is 0 Å². The Bertz CT molecular complexity index is 1180. The van der Waals surface area contributed by atoms with E-state index in [1.165, 1.54) is 50.1 Å². The van der Waals surface area contributed by atoms with Gasteiger partial charge in [0.25, 0.3) is 0 Å². The molecule has 0 nitrogen and oxygen atoms in total. The Kier molecular flexibility index (Phi) is 7.05. The van der Waals surface area contributed by atoms with E-state index in [2.05, 4.69) is 143 Å². The summed E-state index contributed by atoms with van der Waals surface area (Å²) in [7, 11) is 0. The molecule has 1 aliphatic carbocycles. The monoisotopic (exact) mass is 428 g/mol. The number of hydrogen-bond donors (Lipinski definition) is 0. The summed E-state index contributed by atoms with van der Waals surface area (Å²) in [6.45, 7) is 8.60. The zero-order chi connectivity index (χ0) is 23.2. The predicted molar refractivity (Wildman–Crippen MR) is 144 cm³/mol. The molecule has 0 unspecified atom stereocenters. The smallest absolute Gasteiger partial charge is 0.00752 e. The third-order valence-electron chi connectivity index (χ3n) is 6.08. The van der Waals surface area contributed by atoms with Crippen molar-refractivity contribution >= 4 is 11.1 Å². The summed E-state index contributed by atoms with van der Waals surface area (Å²) in [5.74, 6) is 0.478. The van der Waals surface area contributed by atoms with Crippen LogP contribution < -0.4 is 0 Å². The Morgan fingerprint density at radius 2 is 1.03 bits per heavy atom. The Morgan fingerprint density at radius 3 is 1.48 bits per heavy atom. The van der Waals surface area contributed by atoms with Crippen LogP contribution in [0, 0.1) is 26.7 Å². The van der Waals surface area contributed by atoms with Gasteiger partial charge >= 0.3 is 0 Å². The molecule has 0 atom stereocenters. The highest BCUT2D eigenvalue weighted by Gasteiger charge is 2.08. The molecule has 3 aromatic carbocycles. The largest absolute Gasteiger partial charge is 0.0773 e. The molecular formula is C33H32. The Morgan fingerprint density at radius 1 is 0.606 bits per heavy atom. The zero-order valence-corrected chi connectivity index (χ0v) is 20.0. The van der Waals surface area contributed by atoms with Gasteiger partial charge in [-0.25, -0.2) is 0 Å². The van der Waals surface area contributed by atoms with E-state index in [0.29, 0.717) is 5.92 Å². The van der Waals surface area contributed by atoms with Gasteiger partial charge in [0.05, 0.1) is 0 Å². The van der Waals surface area contributed by atoms with Gasteiger partial charge in [-0.05, 0) is 60.1 Å². The quantitative estimate of drug-likeness (QED) is 0.356. The van der Waals surface area contributed by atoms with Crippen molar-refractivity contribution < 1.29 is 0 Å². The average Bonchev–Trinajstić information content (AvgIpc) is 2.82. The minimum absolute atomic E-state index is 0.478. The molecule has 1 aliphatic rings. The van der Waals surface area contributed by atoms with E-state index in [1.807, 2.05) is 0 Å². The SMILES string of the molecule is Cc1ccc(C(=C/C=C/C(=C2C=CC(C)C=C2)c2ccc(C)cc2)c2ccc(C)cc2)cc1. The molecule has 0 heterocycles. The second-order valence-electron chi connectivity index (χ2n) is 8.98. The second-order valence-corrected chi connectivity index (χ2v) is 8.98. The minimum Gasteiger partial charge on any atom is -0.0773 e. The fourth-order valence-electron chi connectivity index (χ4n) is 3.97. The van der Waals surface area contributed by atoms with E-state index in [9.17, 15) is 0 Å².